The first-order chi connectivity index (χ1) is 18.4. The maximum atomic E-state index is 2.43. The van der Waals surface area contributed by atoms with E-state index in [0.717, 1.165) is 6.42 Å². The van der Waals surface area contributed by atoms with Crippen LogP contribution in [-0.4, -0.2) is 0 Å². The van der Waals surface area contributed by atoms with Gasteiger partial charge in [-0.05, 0) is 82.1 Å². The van der Waals surface area contributed by atoms with Crippen molar-refractivity contribution in [3.63, 3.8) is 0 Å². The first kappa shape index (κ1) is 23.5. The highest BCUT2D eigenvalue weighted by Crippen LogP contribution is 2.53. The molecule has 0 radical (unpaired) electrons. The first-order valence-corrected chi connectivity index (χ1v) is 14.4. The molecule has 6 aromatic rings. The van der Waals surface area contributed by atoms with E-state index in [0.29, 0.717) is 5.92 Å². The van der Waals surface area contributed by atoms with Gasteiger partial charge in [0.1, 0.15) is 7.05 Å². The van der Waals surface area contributed by atoms with Gasteiger partial charge in [-0.2, -0.15) is 0 Å². The normalized spacial score (nSPS) is 12.6. The number of rotatable bonds is 3. The Balaban J connectivity index is 1.60. The minimum absolute atomic E-state index is 0.589. The standard InChI is InChI=1S/C36H32NS/c1-21(2)17-31-27-14-11-22(3)18-29(27)23(4)33-35-34-28(15-16-37(35)5)30-19-25(24-9-7-6-8-10-24)12-13-26(30)20-32(34)38-36(31)33/h6-16,18-21H,17H2,1-5H3/q+1. The Morgan fingerprint density at radius 2 is 1.58 bits per heavy atom. The molecule has 2 heteroatoms. The van der Waals surface area contributed by atoms with Crippen LogP contribution in [0.3, 0.4) is 0 Å². The van der Waals surface area contributed by atoms with Gasteiger partial charge in [-0.25, -0.2) is 4.57 Å². The molecule has 7 rings (SSSR count). The van der Waals surface area contributed by atoms with Crippen LogP contribution in [0.2, 0.25) is 0 Å². The molecule has 0 aliphatic carbocycles. The van der Waals surface area contributed by atoms with Gasteiger partial charge in [0.05, 0.1) is 10.9 Å². The molecule has 0 spiro atoms. The van der Waals surface area contributed by atoms with Crippen molar-refractivity contribution in [3.05, 3.63) is 102 Å². The van der Waals surface area contributed by atoms with Crippen LogP contribution in [0.4, 0.5) is 0 Å². The maximum absolute atomic E-state index is 2.43. The van der Waals surface area contributed by atoms with Crippen molar-refractivity contribution >= 4 is 44.1 Å². The molecule has 1 nitrogen and oxygen atoms in total. The van der Waals surface area contributed by atoms with E-state index in [1.54, 1.807) is 0 Å². The fraction of sp³-hybridized carbons (Fsp3) is 0.194. The van der Waals surface area contributed by atoms with Crippen molar-refractivity contribution in [1.82, 2.24) is 0 Å². The second-order valence-corrected chi connectivity index (χ2v) is 12.3. The van der Waals surface area contributed by atoms with E-state index >= 15 is 0 Å². The monoisotopic (exact) mass is 510 g/mol. The van der Waals surface area contributed by atoms with E-state index in [4.69, 9.17) is 0 Å². The topological polar surface area (TPSA) is 3.88 Å². The van der Waals surface area contributed by atoms with Crippen molar-refractivity contribution in [2.45, 2.75) is 43.9 Å². The van der Waals surface area contributed by atoms with Gasteiger partial charge in [0.15, 0.2) is 6.20 Å². The molecule has 0 unspecified atom stereocenters. The van der Waals surface area contributed by atoms with E-state index in [2.05, 4.69) is 124 Å². The van der Waals surface area contributed by atoms with Gasteiger partial charge < -0.3 is 0 Å². The summed E-state index contributed by atoms with van der Waals surface area (Å²) in [4.78, 5) is 2.82. The third kappa shape index (κ3) is 3.50. The molecule has 0 saturated heterocycles. The van der Waals surface area contributed by atoms with Crippen molar-refractivity contribution in [1.29, 1.82) is 0 Å². The molecule has 5 aromatic carbocycles. The van der Waals surface area contributed by atoms with Crippen molar-refractivity contribution < 1.29 is 4.57 Å². The summed E-state index contributed by atoms with van der Waals surface area (Å²) >= 11 is 1.99. The third-order valence-electron chi connectivity index (χ3n) is 8.15. The van der Waals surface area contributed by atoms with E-state index in [9.17, 15) is 0 Å². The lowest BCUT2D eigenvalue weighted by atomic mass is 9.87. The minimum atomic E-state index is 0.589. The highest BCUT2D eigenvalue weighted by Gasteiger charge is 2.32. The zero-order chi connectivity index (χ0) is 26.1. The number of fused-ring (bicyclic) bond motifs is 5. The molecule has 1 aromatic heterocycles. The molecule has 0 bridgehead atoms. The number of benzene rings is 5. The van der Waals surface area contributed by atoms with Crippen molar-refractivity contribution in [2.75, 3.05) is 0 Å². The zero-order valence-corrected chi connectivity index (χ0v) is 23.5. The number of pyridine rings is 1. The number of hydrogen-bond acceptors (Lipinski definition) is 1. The van der Waals surface area contributed by atoms with Gasteiger partial charge in [-0.3, -0.25) is 0 Å². The summed E-state index contributed by atoms with van der Waals surface area (Å²) in [6.07, 6.45) is 3.34. The predicted octanol–water partition coefficient (Wildman–Crippen LogP) is 9.58. The Bertz CT molecular complexity index is 1910. The maximum Gasteiger partial charge on any atom is 0.222 e. The molecule has 1 aliphatic heterocycles. The minimum Gasteiger partial charge on any atom is -0.200 e. The molecule has 0 fully saturated rings. The fourth-order valence-corrected chi connectivity index (χ4v) is 7.75. The van der Waals surface area contributed by atoms with Crippen LogP contribution >= 0.6 is 11.8 Å². The molecule has 0 N–H and O–H groups in total. The average molecular weight is 511 g/mol. The molecule has 1 aliphatic rings. The fourth-order valence-electron chi connectivity index (χ4n) is 6.37. The van der Waals surface area contributed by atoms with Crippen LogP contribution in [0, 0.1) is 19.8 Å². The number of aryl methyl sites for hydroxylation is 3. The second-order valence-electron chi connectivity index (χ2n) is 11.3. The van der Waals surface area contributed by atoms with Gasteiger partial charge in [-0.15, -0.1) is 0 Å². The lowest BCUT2D eigenvalue weighted by Crippen LogP contribution is -2.32. The quantitative estimate of drug-likeness (QED) is 0.169. The van der Waals surface area contributed by atoms with Crippen molar-refractivity contribution in [2.24, 2.45) is 13.0 Å². The summed E-state index contributed by atoms with van der Waals surface area (Å²) in [5.74, 6) is 0.589. The largest absolute Gasteiger partial charge is 0.222 e. The summed E-state index contributed by atoms with van der Waals surface area (Å²) in [5, 5.41) is 8.17. The van der Waals surface area contributed by atoms with Gasteiger partial charge in [-0.1, -0.05) is 91.8 Å². The second kappa shape index (κ2) is 8.71. The third-order valence-corrected chi connectivity index (χ3v) is 9.35. The average Bonchev–Trinajstić information content (AvgIpc) is 2.92. The predicted molar refractivity (Wildman–Crippen MR) is 163 cm³/mol. The molecule has 38 heavy (non-hydrogen) atoms. The van der Waals surface area contributed by atoms with Gasteiger partial charge in [0, 0.05) is 21.2 Å². The summed E-state index contributed by atoms with van der Waals surface area (Å²) in [7, 11) is 2.21. The Kier molecular flexibility index (Phi) is 5.39. The highest BCUT2D eigenvalue weighted by molar-refractivity contribution is 8.00. The Morgan fingerprint density at radius 1 is 0.763 bits per heavy atom. The molecule has 2 heterocycles. The Morgan fingerprint density at radius 3 is 2.37 bits per heavy atom. The number of nitrogens with zero attached hydrogens (tertiary/aromatic N) is 1. The van der Waals surface area contributed by atoms with Crippen LogP contribution in [-0.2, 0) is 13.5 Å². The van der Waals surface area contributed by atoms with Crippen LogP contribution in [0.25, 0.3) is 54.7 Å². The SMILES string of the molecule is Cc1ccc2c(CC(C)C)c3c(c(C)c2c1)-c1c2c(cc4ccc(-c5ccccc5)cc4c2cc[n+]1C)S3. The van der Waals surface area contributed by atoms with E-state index in [1.165, 1.54) is 81.2 Å². The van der Waals surface area contributed by atoms with Crippen LogP contribution < -0.4 is 4.57 Å². The number of hydrogen-bond donors (Lipinski definition) is 0. The van der Waals surface area contributed by atoms with Crippen LogP contribution in [0.1, 0.15) is 30.5 Å². The van der Waals surface area contributed by atoms with Gasteiger partial charge in [0.2, 0.25) is 5.69 Å². The summed E-state index contributed by atoms with van der Waals surface area (Å²) < 4.78 is 2.35. The Labute approximate surface area is 229 Å². The molecule has 0 atom stereocenters. The van der Waals surface area contributed by atoms with Gasteiger partial charge in [0.25, 0.3) is 0 Å². The summed E-state index contributed by atoms with van der Waals surface area (Å²) in [6, 6.07) is 29.5. The lowest BCUT2D eigenvalue weighted by molar-refractivity contribution is -0.659. The van der Waals surface area contributed by atoms with Crippen LogP contribution in [0.15, 0.2) is 94.9 Å². The highest BCUT2D eigenvalue weighted by atomic mass is 32.2. The number of aromatic nitrogens is 1. The van der Waals surface area contributed by atoms with Crippen LogP contribution in [0.5, 0.6) is 0 Å². The molecule has 0 amide bonds. The lowest BCUT2D eigenvalue weighted by Gasteiger charge is -2.26. The summed E-state index contributed by atoms with van der Waals surface area (Å²) in [6.45, 7) is 9.22. The molecular formula is C36H32NS+. The first-order valence-electron chi connectivity index (χ1n) is 13.6. The molecule has 186 valence electrons. The van der Waals surface area contributed by atoms with E-state index in [1.807, 2.05) is 11.8 Å². The van der Waals surface area contributed by atoms with E-state index in [-0.39, 0.29) is 0 Å². The van der Waals surface area contributed by atoms with Gasteiger partial charge >= 0.3 is 0 Å². The Hall–Kier alpha value is -3.62. The summed E-state index contributed by atoms with van der Waals surface area (Å²) in [5.41, 5.74) is 9.52. The molecule has 0 saturated carbocycles. The van der Waals surface area contributed by atoms with E-state index < -0.39 is 0 Å². The van der Waals surface area contributed by atoms with Crippen molar-refractivity contribution in [3.8, 4) is 22.4 Å². The smallest absolute Gasteiger partial charge is 0.200 e. The molecular weight excluding hydrogens is 478 g/mol. The zero-order valence-electron chi connectivity index (χ0n) is 22.7.